The Morgan fingerprint density at radius 3 is 2.43 bits per heavy atom. The summed E-state index contributed by atoms with van der Waals surface area (Å²) in [7, 11) is 1.88. The van der Waals surface area contributed by atoms with Crippen LogP contribution < -0.4 is 5.32 Å². The van der Waals surface area contributed by atoms with E-state index >= 15 is 0 Å². The molecule has 0 aliphatic rings. The second-order valence-electron chi connectivity index (χ2n) is 5.77. The van der Waals surface area contributed by atoms with Crippen LogP contribution in [0.15, 0.2) is 0 Å². The number of hydrogen-bond donors (Lipinski definition) is 2. The molecule has 0 spiro atoms. The van der Waals surface area contributed by atoms with Gasteiger partial charge < -0.3 is 10.4 Å². The van der Waals surface area contributed by atoms with Crippen molar-refractivity contribution in [2.45, 2.75) is 47.0 Å². The fourth-order valence-electron chi connectivity index (χ4n) is 2.15. The van der Waals surface area contributed by atoms with Gasteiger partial charge in [-0.2, -0.15) is 5.10 Å². The van der Waals surface area contributed by atoms with Crippen LogP contribution in [0.25, 0.3) is 0 Å². The van der Waals surface area contributed by atoms with E-state index < -0.39 is 11.4 Å². The van der Waals surface area contributed by atoms with Crippen LogP contribution in [0.5, 0.6) is 0 Å². The summed E-state index contributed by atoms with van der Waals surface area (Å²) >= 11 is 0. The van der Waals surface area contributed by atoms with Crippen molar-refractivity contribution in [2.24, 2.45) is 12.5 Å². The van der Waals surface area contributed by atoms with Crippen molar-refractivity contribution in [2.75, 3.05) is 6.54 Å². The molecule has 6 heteroatoms. The molecule has 0 saturated heterocycles. The number of carboxylic acid groups (broad SMARTS) is 1. The van der Waals surface area contributed by atoms with Gasteiger partial charge in [-0.1, -0.05) is 6.92 Å². The Morgan fingerprint density at radius 2 is 2.00 bits per heavy atom. The van der Waals surface area contributed by atoms with Gasteiger partial charge in [0, 0.05) is 25.7 Å². The largest absolute Gasteiger partial charge is 0.481 e. The minimum absolute atomic E-state index is 0.126. The van der Waals surface area contributed by atoms with Gasteiger partial charge in [0.25, 0.3) is 0 Å². The van der Waals surface area contributed by atoms with E-state index in [0.29, 0.717) is 19.3 Å². The number of hydrogen-bond acceptors (Lipinski definition) is 3. The average Bonchev–Trinajstić information content (AvgIpc) is 2.67. The first-order valence-electron chi connectivity index (χ1n) is 7.20. The number of carbonyl (C=O) groups is 2. The SMILES string of the molecule is CCC(C)(CNC(=O)CCc1c(C)nn(C)c1C)C(=O)O. The molecule has 0 saturated carbocycles. The maximum absolute atomic E-state index is 11.9. The van der Waals surface area contributed by atoms with Gasteiger partial charge in [-0.25, -0.2) is 0 Å². The van der Waals surface area contributed by atoms with Gasteiger partial charge in [0.15, 0.2) is 0 Å². The third-order valence-electron chi connectivity index (χ3n) is 4.23. The molecule has 1 rings (SSSR count). The van der Waals surface area contributed by atoms with Crippen LogP contribution in [0.2, 0.25) is 0 Å². The third kappa shape index (κ3) is 4.06. The van der Waals surface area contributed by atoms with Gasteiger partial charge in [-0.3, -0.25) is 14.3 Å². The highest BCUT2D eigenvalue weighted by molar-refractivity contribution is 5.79. The van der Waals surface area contributed by atoms with E-state index in [1.54, 1.807) is 11.6 Å². The molecule has 21 heavy (non-hydrogen) atoms. The van der Waals surface area contributed by atoms with Gasteiger partial charge in [0.05, 0.1) is 11.1 Å². The van der Waals surface area contributed by atoms with E-state index in [1.807, 2.05) is 27.8 Å². The average molecular weight is 295 g/mol. The highest BCUT2D eigenvalue weighted by Crippen LogP contribution is 2.20. The standard InChI is InChI=1S/C15H25N3O3/c1-6-15(4,14(20)21)9-16-13(19)8-7-12-10(2)17-18(5)11(12)3/h6-9H2,1-5H3,(H,16,19)(H,20,21). The van der Waals surface area contributed by atoms with Crippen molar-refractivity contribution in [3.8, 4) is 0 Å². The van der Waals surface area contributed by atoms with Gasteiger partial charge >= 0.3 is 5.97 Å². The van der Waals surface area contributed by atoms with Crippen LogP contribution in [-0.4, -0.2) is 33.3 Å². The molecule has 1 aromatic heterocycles. The van der Waals surface area contributed by atoms with E-state index in [-0.39, 0.29) is 12.5 Å². The Hall–Kier alpha value is -1.85. The Bertz CT molecular complexity index is 537. The quantitative estimate of drug-likeness (QED) is 0.800. The highest BCUT2D eigenvalue weighted by atomic mass is 16.4. The molecule has 0 aromatic carbocycles. The molecular weight excluding hydrogens is 270 g/mol. The normalized spacial score (nSPS) is 13.8. The zero-order valence-electron chi connectivity index (χ0n) is 13.5. The fourth-order valence-corrected chi connectivity index (χ4v) is 2.15. The number of aliphatic carboxylic acids is 1. The van der Waals surface area contributed by atoms with Gasteiger partial charge in [-0.15, -0.1) is 0 Å². The summed E-state index contributed by atoms with van der Waals surface area (Å²) in [6.45, 7) is 7.51. The van der Waals surface area contributed by atoms with E-state index in [9.17, 15) is 9.59 Å². The lowest BCUT2D eigenvalue weighted by molar-refractivity contribution is -0.148. The number of aryl methyl sites for hydroxylation is 2. The van der Waals surface area contributed by atoms with Crippen LogP contribution in [0.1, 0.15) is 43.6 Å². The Morgan fingerprint density at radius 1 is 1.38 bits per heavy atom. The Balaban J connectivity index is 2.54. The second-order valence-corrected chi connectivity index (χ2v) is 5.77. The molecule has 1 aromatic rings. The lowest BCUT2D eigenvalue weighted by Gasteiger charge is -2.23. The summed E-state index contributed by atoms with van der Waals surface area (Å²) in [4.78, 5) is 23.1. The van der Waals surface area contributed by atoms with Crippen molar-refractivity contribution in [1.29, 1.82) is 0 Å². The molecule has 2 N–H and O–H groups in total. The molecule has 0 aliphatic carbocycles. The topological polar surface area (TPSA) is 84.2 Å². The maximum atomic E-state index is 11.9. The lowest BCUT2D eigenvalue weighted by Crippen LogP contribution is -2.40. The van der Waals surface area contributed by atoms with Crippen LogP contribution in [-0.2, 0) is 23.1 Å². The fraction of sp³-hybridized carbons (Fsp3) is 0.667. The number of nitrogens with one attached hydrogen (secondary N) is 1. The highest BCUT2D eigenvalue weighted by Gasteiger charge is 2.31. The number of rotatable bonds is 7. The molecular formula is C15H25N3O3. The van der Waals surface area contributed by atoms with E-state index in [0.717, 1.165) is 17.0 Å². The Labute approximate surface area is 125 Å². The molecule has 6 nitrogen and oxygen atoms in total. The van der Waals surface area contributed by atoms with E-state index in [2.05, 4.69) is 10.4 Å². The molecule has 0 aliphatic heterocycles. The molecule has 118 valence electrons. The van der Waals surface area contributed by atoms with Crippen molar-refractivity contribution in [1.82, 2.24) is 15.1 Å². The first-order valence-corrected chi connectivity index (χ1v) is 7.20. The number of aromatic nitrogens is 2. The second kappa shape index (κ2) is 6.74. The molecule has 0 bridgehead atoms. The summed E-state index contributed by atoms with van der Waals surface area (Å²) < 4.78 is 1.81. The smallest absolute Gasteiger partial charge is 0.311 e. The number of nitrogens with zero attached hydrogens (tertiary/aromatic N) is 2. The van der Waals surface area contributed by atoms with Crippen molar-refractivity contribution in [3.63, 3.8) is 0 Å². The monoisotopic (exact) mass is 295 g/mol. The predicted octanol–water partition coefficient (Wildman–Crippen LogP) is 1.59. The minimum Gasteiger partial charge on any atom is -0.481 e. The molecule has 1 amide bonds. The van der Waals surface area contributed by atoms with Crippen LogP contribution in [0.4, 0.5) is 0 Å². The summed E-state index contributed by atoms with van der Waals surface area (Å²) in [6, 6.07) is 0. The third-order valence-corrected chi connectivity index (χ3v) is 4.23. The number of carbonyl (C=O) groups excluding carboxylic acids is 1. The maximum Gasteiger partial charge on any atom is 0.311 e. The zero-order chi connectivity index (χ0) is 16.2. The van der Waals surface area contributed by atoms with Gasteiger partial charge in [-0.05, 0) is 39.2 Å². The molecule has 0 fully saturated rings. The zero-order valence-corrected chi connectivity index (χ0v) is 13.5. The van der Waals surface area contributed by atoms with Crippen molar-refractivity contribution in [3.05, 3.63) is 17.0 Å². The summed E-state index contributed by atoms with van der Waals surface area (Å²) in [6.07, 6.45) is 1.43. The summed E-state index contributed by atoms with van der Waals surface area (Å²) in [5.41, 5.74) is 2.18. The predicted molar refractivity (Wildman–Crippen MR) is 80.0 cm³/mol. The van der Waals surface area contributed by atoms with Crippen molar-refractivity contribution >= 4 is 11.9 Å². The number of amides is 1. The molecule has 1 atom stereocenters. The van der Waals surface area contributed by atoms with Crippen LogP contribution in [0, 0.1) is 19.3 Å². The van der Waals surface area contributed by atoms with Crippen molar-refractivity contribution < 1.29 is 14.7 Å². The van der Waals surface area contributed by atoms with E-state index in [1.165, 1.54) is 0 Å². The summed E-state index contributed by atoms with van der Waals surface area (Å²) in [5.74, 6) is -1.01. The first kappa shape index (κ1) is 17.2. The summed E-state index contributed by atoms with van der Waals surface area (Å²) in [5, 5.41) is 16.2. The number of carboxylic acids is 1. The van der Waals surface area contributed by atoms with Gasteiger partial charge in [0.2, 0.25) is 5.91 Å². The van der Waals surface area contributed by atoms with Crippen LogP contribution in [0.3, 0.4) is 0 Å². The Kier molecular flexibility index (Phi) is 5.52. The lowest BCUT2D eigenvalue weighted by atomic mass is 9.87. The molecule has 0 radical (unpaired) electrons. The first-order chi connectivity index (χ1) is 9.71. The minimum atomic E-state index is -0.907. The van der Waals surface area contributed by atoms with Gasteiger partial charge in [0.1, 0.15) is 0 Å². The van der Waals surface area contributed by atoms with E-state index in [4.69, 9.17) is 5.11 Å². The molecule has 1 heterocycles. The van der Waals surface area contributed by atoms with Crippen LogP contribution >= 0.6 is 0 Å². The molecule has 1 unspecified atom stereocenters.